The summed E-state index contributed by atoms with van der Waals surface area (Å²) in [5.74, 6) is 0. The van der Waals surface area contributed by atoms with E-state index in [1.807, 2.05) is 0 Å². The number of aldehydes is 1. The Balaban J connectivity index is 4.08. The SMILES string of the molecule is CC(C)(C)OC(=O)NC=C(C=O)CF. The number of rotatable bonds is 3. The molecule has 0 atom stereocenters. The lowest BCUT2D eigenvalue weighted by Gasteiger charge is -2.18. The van der Waals surface area contributed by atoms with Gasteiger partial charge in [0, 0.05) is 11.8 Å². The molecule has 0 saturated carbocycles. The number of alkyl carbamates (subject to hydrolysis) is 1. The average Bonchev–Trinajstić information content (AvgIpc) is 2.03. The van der Waals surface area contributed by atoms with Gasteiger partial charge in [0.25, 0.3) is 0 Å². The van der Waals surface area contributed by atoms with Gasteiger partial charge in [-0.1, -0.05) is 0 Å². The number of halogens is 1. The van der Waals surface area contributed by atoms with Gasteiger partial charge >= 0.3 is 6.09 Å². The number of carbonyl (C=O) groups excluding carboxylic acids is 2. The van der Waals surface area contributed by atoms with Crippen molar-refractivity contribution in [1.29, 1.82) is 0 Å². The number of hydrogen-bond donors (Lipinski definition) is 1. The lowest BCUT2D eigenvalue weighted by atomic mass is 10.2. The Kier molecular flexibility index (Phi) is 4.83. The summed E-state index contributed by atoms with van der Waals surface area (Å²) in [5.41, 5.74) is -0.759. The Morgan fingerprint density at radius 3 is 2.43 bits per heavy atom. The quantitative estimate of drug-likeness (QED) is 0.559. The highest BCUT2D eigenvalue weighted by Gasteiger charge is 2.15. The molecule has 4 nitrogen and oxygen atoms in total. The molecule has 0 aromatic heterocycles. The third-order valence-electron chi connectivity index (χ3n) is 1.08. The Morgan fingerprint density at radius 2 is 2.07 bits per heavy atom. The smallest absolute Gasteiger partial charge is 0.411 e. The van der Waals surface area contributed by atoms with Gasteiger partial charge < -0.3 is 4.74 Å². The summed E-state index contributed by atoms with van der Waals surface area (Å²) in [6.07, 6.45) is 0.601. The fraction of sp³-hybridized carbons (Fsp3) is 0.556. The van der Waals surface area contributed by atoms with Gasteiger partial charge in [-0.15, -0.1) is 0 Å². The number of alkyl halides is 1. The Morgan fingerprint density at radius 1 is 1.50 bits per heavy atom. The molecule has 0 saturated heterocycles. The molecule has 0 bridgehead atoms. The maximum atomic E-state index is 12.0. The summed E-state index contributed by atoms with van der Waals surface area (Å²) in [7, 11) is 0. The molecule has 0 aromatic carbocycles. The average molecular weight is 203 g/mol. The second kappa shape index (κ2) is 5.36. The van der Waals surface area contributed by atoms with Crippen LogP contribution in [0.1, 0.15) is 20.8 Å². The normalized spacial score (nSPS) is 12.1. The molecule has 0 spiro atoms. The van der Waals surface area contributed by atoms with Crippen molar-refractivity contribution < 1.29 is 18.7 Å². The van der Waals surface area contributed by atoms with Crippen LogP contribution in [0, 0.1) is 0 Å². The summed E-state index contributed by atoms with van der Waals surface area (Å²) in [6.45, 7) is 4.18. The standard InChI is InChI=1S/C9H14FNO3/c1-9(2,3)14-8(13)11-5-7(4-10)6-12/h5-6H,4H2,1-3H3,(H,11,13). The maximum absolute atomic E-state index is 12.0. The largest absolute Gasteiger partial charge is 0.444 e. The number of nitrogens with one attached hydrogen (secondary N) is 1. The summed E-state index contributed by atoms with van der Waals surface area (Å²) >= 11 is 0. The predicted molar refractivity (Wildman–Crippen MR) is 49.5 cm³/mol. The van der Waals surface area contributed by atoms with Crippen molar-refractivity contribution in [3.63, 3.8) is 0 Å². The number of amides is 1. The van der Waals surface area contributed by atoms with Crippen molar-refractivity contribution in [2.75, 3.05) is 6.67 Å². The third-order valence-corrected chi connectivity index (χ3v) is 1.08. The number of ether oxygens (including phenoxy) is 1. The van der Waals surface area contributed by atoms with E-state index in [1.165, 1.54) is 0 Å². The van der Waals surface area contributed by atoms with Crippen molar-refractivity contribution in [3.05, 3.63) is 11.8 Å². The third kappa shape index (κ3) is 6.16. The van der Waals surface area contributed by atoms with Gasteiger partial charge in [0.05, 0.1) is 0 Å². The van der Waals surface area contributed by atoms with Gasteiger partial charge in [0.1, 0.15) is 18.6 Å². The van der Waals surface area contributed by atoms with Crippen molar-refractivity contribution in [1.82, 2.24) is 5.32 Å². The van der Waals surface area contributed by atoms with Gasteiger partial charge in [-0.25, -0.2) is 9.18 Å². The molecule has 0 aliphatic rings. The van der Waals surface area contributed by atoms with E-state index >= 15 is 0 Å². The molecule has 0 radical (unpaired) electrons. The topological polar surface area (TPSA) is 55.4 Å². The van der Waals surface area contributed by atoms with E-state index in [1.54, 1.807) is 20.8 Å². The van der Waals surface area contributed by atoms with Crippen molar-refractivity contribution in [2.45, 2.75) is 26.4 Å². The lowest BCUT2D eigenvalue weighted by molar-refractivity contribution is -0.105. The fourth-order valence-corrected chi connectivity index (χ4v) is 0.563. The van der Waals surface area contributed by atoms with Crippen LogP contribution in [0.5, 0.6) is 0 Å². The fourth-order valence-electron chi connectivity index (χ4n) is 0.563. The van der Waals surface area contributed by atoms with E-state index in [-0.39, 0.29) is 5.57 Å². The minimum atomic E-state index is -0.917. The van der Waals surface area contributed by atoms with Gasteiger partial charge in [0.2, 0.25) is 0 Å². The molecular weight excluding hydrogens is 189 g/mol. The van der Waals surface area contributed by atoms with E-state index in [4.69, 9.17) is 4.74 Å². The molecule has 80 valence electrons. The van der Waals surface area contributed by atoms with Crippen molar-refractivity contribution in [2.24, 2.45) is 0 Å². The monoisotopic (exact) mass is 203 g/mol. The molecule has 14 heavy (non-hydrogen) atoms. The Bertz CT molecular complexity index is 243. The zero-order chi connectivity index (χ0) is 11.2. The minimum Gasteiger partial charge on any atom is -0.444 e. The number of hydrogen-bond acceptors (Lipinski definition) is 3. The first kappa shape index (κ1) is 12.6. The molecule has 5 heteroatoms. The lowest BCUT2D eigenvalue weighted by Crippen LogP contribution is -2.30. The van der Waals surface area contributed by atoms with Crippen LogP contribution in [-0.4, -0.2) is 24.7 Å². The van der Waals surface area contributed by atoms with Crippen molar-refractivity contribution in [3.8, 4) is 0 Å². The summed E-state index contributed by atoms with van der Waals surface area (Å²) in [5, 5.41) is 2.15. The summed E-state index contributed by atoms with van der Waals surface area (Å²) < 4.78 is 16.8. The first-order chi connectivity index (χ1) is 6.39. The van der Waals surface area contributed by atoms with Crippen LogP contribution in [0.25, 0.3) is 0 Å². The molecule has 1 amide bonds. The first-order valence-electron chi connectivity index (χ1n) is 4.08. The zero-order valence-electron chi connectivity index (χ0n) is 8.46. The molecule has 0 heterocycles. The highest BCUT2D eigenvalue weighted by atomic mass is 19.1. The van der Waals surface area contributed by atoms with E-state index in [2.05, 4.69) is 5.32 Å². The van der Waals surface area contributed by atoms with E-state index in [9.17, 15) is 14.0 Å². The van der Waals surface area contributed by atoms with E-state index < -0.39 is 18.4 Å². The minimum absolute atomic E-state index is 0.143. The molecular formula is C9H14FNO3. The molecule has 0 aliphatic heterocycles. The second-order valence-corrected chi connectivity index (χ2v) is 3.62. The highest BCUT2D eigenvalue weighted by Crippen LogP contribution is 2.06. The Hall–Kier alpha value is -1.39. The zero-order valence-corrected chi connectivity index (χ0v) is 8.46. The van der Waals surface area contributed by atoms with Crippen LogP contribution < -0.4 is 5.32 Å². The van der Waals surface area contributed by atoms with Gasteiger partial charge in [-0.05, 0) is 20.8 Å². The number of carbonyl (C=O) groups is 2. The maximum Gasteiger partial charge on any atom is 0.411 e. The van der Waals surface area contributed by atoms with E-state index in [0.717, 1.165) is 6.20 Å². The molecule has 0 unspecified atom stereocenters. The van der Waals surface area contributed by atoms with Crippen molar-refractivity contribution >= 4 is 12.4 Å². The molecule has 0 aliphatic carbocycles. The Labute approximate surface area is 82.1 Å². The first-order valence-corrected chi connectivity index (χ1v) is 4.08. The van der Waals surface area contributed by atoms with Crippen LogP contribution in [0.2, 0.25) is 0 Å². The van der Waals surface area contributed by atoms with Crippen LogP contribution >= 0.6 is 0 Å². The van der Waals surface area contributed by atoms with Gasteiger partial charge in [0.15, 0.2) is 0 Å². The predicted octanol–water partition coefficient (Wildman–Crippen LogP) is 1.56. The molecule has 0 aromatic rings. The molecule has 0 fully saturated rings. The van der Waals surface area contributed by atoms with E-state index in [0.29, 0.717) is 6.29 Å². The highest BCUT2D eigenvalue weighted by molar-refractivity contribution is 5.76. The second-order valence-electron chi connectivity index (χ2n) is 3.62. The molecule has 0 rings (SSSR count). The molecule has 1 N–H and O–H groups in total. The van der Waals surface area contributed by atoms with Crippen LogP contribution in [0.4, 0.5) is 9.18 Å². The van der Waals surface area contributed by atoms with Gasteiger partial charge in [-0.2, -0.15) is 0 Å². The van der Waals surface area contributed by atoms with Crippen LogP contribution in [0.3, 0.4) is 0 Å². The van der Waals surface area contributed by atoms with Crippen LogP contribution in [-0.2, 0) is 9.53 Å². The number of allylic oxidation sites excluding steroid dienone is 1. The summed E-state index contributed by atoms with van der Waals surface area (Å²) in [4.78, 5) is 21.1. The van der Waals surface area contributed by atoms with Crippen LogP contribution in [0.15, 0.2) is 11.8 Å². The summed E-state index contributed by atoms with van der Waals surface area (Å²) in [6, 6.07) is 0. The van der Waals surface area contributed by atoms with Gasteiger partial charge in [-0.3, -0.25) is 10.1 Å².